The number of aldehydes is 1. The van der Waals surface area contributed by atoms with Gasteiger partial charge >= 0.3 is 0 Å². The highest BCUT2D eigenvalue weighted by Crippen LogP contribution is 2.06. The molecule has 0 saturated heterocycles. The van der Waals surface area contributed by atoms with E-state index in [0.717, 1.165) is 0 Å². The van der Waals surface area contributed by atoms with Crippen LogP contribution >= 0.6 is 11.3 Å². The number of anilines is 1. The van der Waals surface area contributed by atoms with Gasteiger partial charge in [-0.2, -0.15) is 0 Å². The molecule has 0 amide bonds. The molecule has 1 aromatic rings. The zero-order valence-electron chi connectivity index (χ0n) is 4.00. The average Bonchev–Trinajstić information content (AvgIpc) is 2.14. The number of thiazole rings is 1. The van der Waals surface area contributed by atoms with Crippen molar-refractivity contribution in [3.8, 4) is 0 Å². The number of hydrogen-bond donors (Lipinski definition) is 1. The molecule has 0 aliphatic carbocycles. The van der Waals surface area contributed by atoms with E-state index < -0.39 is 0 Å². The number of carbonyl (C=O) groups is 1. The molecule has 0 unspecified atom stereocenters. The topological polar surface area (TPSA) is 56.0 Å². The van der Waals surface area contributed by atoms with Crippen LogP contribution in [-0.4, -0.2) is 11.3 Å². The molecular weight excluding hydrogens is 124 g/mol. The second-order valence-corrected chi connectivity index (χ2v) is 2.12. The summed E-state index contributed by atoms with van der Waals surface area (Å²) in [5, 5.41) is 2.06. The molecule has 4 heteroatoms. The van der Waals surface area contributed by atoms with Gasteiger partial charge in [-0.15, -0.1) is 11.3 Å². The SMILES string of the molecule is Nc1csc(C=O)n1. The van der Waals surface area contributed by atoms with E-state index in [1.165, 1.54) is 11.3 Å². The third kappa shape index (κ3) is 0.840. The van der Waals surface area contributed by atoms with Gasteiger partial charge in [0.15, 0.2) is 11.3 Å². The van der Waals surface area contributed by atoms with E-state index in [9.17, 15) is 4.79 Å². The zero-order valence-corrected chi connectivity index (χ0v) is 4.81. The summed E-state index contributed by atoms with van der Waals surface area (Å²) in [5.41, 5.74) is 5.19. The molecule has 1 rings (SSSR count). The van der Waals surface area contributed by atoms with Gasteiger partial charge in [0.25, 0.3) is 0 Å². The lowest BCUT2D eigenvalue weighted by atomic mass is 10.8. The summed E-state index contributed by atoms with van der Waals surface area (Å²) in [6, 6.07) is 0. The Balaban J connectivity index is 3.00. The molecule has 0 fully saturated rings. The van der Waals surface area contributed by atoms with E-state index in [-0.39, 0.29) is 0 Å². The van der Waals surface area contributed by atoms with Gasteiger partial charge < -0.3 is 5.73 Å². The number of rotatable bonds is 1. The van der Waals surface area contributed by atoms with Crippen molar-refractivity contribution in [3.63, 3.8) is 0 Å². The lowest BCUT2D eigenvalue weighted by Crippen LogP contribution is -1.83. The minimum atomic E-state index is 0.414. The van der Waals surface area contributed by atoms with Crippen LogP contribution in [0.15, 0.2) is 5.38 Å². The van der Waals surface area contributed by atoms with E-state index in [1.54, 1.807) is 5.38 Å². The summed E-state index contributed by atoms with van der Waals surface area (Å²) in [4.78, 5) is 13.6. The molecule has 0 bridgehead atoms. The van der Waals surface area contributed by atoms with Crippen LogP contribution in [0.25, 0.3) is 0 Å². The van der Waals surface area contributed by atoms with Crippen molar-refractivity contribution in [3.05, 3.63) is 10.4 Å². The first-order valence-corrected chi connectivity index (χ1v) is 2.87. The van der Waals surface area contributed by atoms with Gasteiger partial charge in [-0.3, -0.25) is 4.79 Å². The van der Waals surface area contributed by atoms with E-state index in [0.29, 0.717) is 17.1 Å². The smallest absolute Gasteiger partial charge is 0.178 e. The van der Waals surface area contributed by atoms with Crippen molar-refractivity contribution in [1.82, 2.24) is 4.98 Å². The molecule has 0 aliphatic rings. The van der Waals surface area contributed by atoms with Gasteiger partial charge in [-0.05, 0) is 0 Å². The largest absolute Gasteiger partial charge is 0.383 e. The first kappa shape index (κ1) is 5.24. The Labute approximate surface area is 50.2 Å². The second kappa shape index (κ2) is 1.92. The predicted molar refractivity (Wildman–Crippen MR) is 31.9 cm³/mol. The quantitative estimate of drug-likeness (QED) is 0.561. The number of carbonyl (C=O) groups excluding carboxylic acids is 1. The number of nitrogen functional groups attached to an aromatic ring is 1. The van der Waals surface area contributed by atoms with Crippen molar-refractivity contribution in [2.24, 2.45) is 0 Å². The Morgan fingerprint density at radius 1 is 1.88 bits per heavy atom. The van der Waals surface area contributed by atoms with Crippen molar-refractivity contribution in [2.45, 2.75) is 0 Å². The van der Waals surface area contributed by atoms with Crippen molar-refractivity contribution < 1.29 is 4.79 Å². The standard InChI is InChI=1S/C4H4N2OS/c5-3-2-8-4(1-7)6-3/h1-2H,5H2. The van der Waals surface area contributed by atoms with Gasteiger partial charge in [0.2, 0.25) is 0 Å². The molecular formula is C4H4N2OS. The van der Waals surface area contributed by atoms with Crippen LogP contribution in [0.3, 0.4) is 0 Å². The highest BCUT2D eigenvalue weighted by Gasteiger charge is 1.92. The minimum absolute atomic E-state index is 0.414. The highest BCUT2D eigenvalue weighted by molar-refractivity contribution is 7.11. The average molecular weight is 128 g/mol. The molecule has 0 atom stereocenters. The third-order valence-electron chi connectivity index (χ3n) is 0.641. The Bertz CT molecular complexity index is 196. The second-order valence-electron chi connectivity index (χ2n) is 1.23. The molecule has 2 N–H and O–H groups in total. The zero-order chi connectivity index (χ0) is 5.98. The van der Waals surface area contributed by atoms with Crippen LogP contribution in [0.2, 0.25) is 0 Å². The van der Waals surface area contributed by atoms with Gasteiger partial charge in [-0.1, -0.05) is 0 Å². The minimum Gasteiger partial charge on any atom is -0.383 e. The van der Waals surface area contributed by atoms with E-state index in [4.69, 9.17) is 5.73 Å². The van der Waals surface area contributed by atoms with E-state index in [2.05, 4.69) is 4.98 Å². The van der Waals surface area contributed by atoms with Crippen molar-refractivity contribution in [1.29, 1.82) is 0 Å². The van der Waals surface area contributed by atoms with Crippen LogP contribution in [0.4, 0.5) is 5.82 Å². The highest BCUT2D eigenvalue weighted by atomic mass is 32.1. The maximum atomic E-state index is 9.91. The van der Waals surface area contributed by atoms with Crippen LogP contribution in [0.5, 0.6) is 0 Å². The normalized spacial score (nSPS) is 9.00. The molecule has 1 aromatic heterocycles. The molecule has 8 heavy (non-hydrogen) atoms. The Morgan fingerprint density at radius 2 is 2.62 bits per heavy atom. The lowest BCUT2D eigenvalue weighted by molar-refractivity contribution is 0.112. The molecule has 0 aliphatic heterocycles. The Kier molecular flexibility index (Phi) is 1.26. The fraction of sp³-hybridized carbons (Fsp3) is 0. The molecule has 1 heterocycles. The van der Waals surface area contributed by atoms with Gasteiger partial charge in [-0.25, -0.2) is 4.98 Å². The first-order chi connectivity index (χ1) is 3.83. The summed E-state index contributed by atoms with van der Waals surface area (Å²) in [6.07, 6.45) is 0.682. The molecule has 42 valence electrons. The third-order valence-corrected chi connectivity index (χ3v) is 1.43. The van der Waals surface area contributed by atoms with E-state index in [1.807, 2.05) is 0 Å². The van der Waals surface area contributed by atoms with Crippen molar-refractivity contribution in [2.75, 3.05) is 5.73 Å². The van der Waals surface area contributed by atoms with Gasteiger partial charge in [0.05, 0.1) is 0 Å². The van der Waals surface area contributed by atoms with Crippen LogP contribution in [0, 0.1) is 0 Å². The molecule has 0 saturated carbocycles. The maximum absolute atomic E-state index is 9.91. The molecule has 3 nitrogen and oxygen atoms in total. The summed E-state index contributed by atoms with van der Waals surface area (Å²) >= 11 is 1.25. The maximum Gasteiger partial charge on any atom is 0.178 e. The summed E-state index contributed by atoms with van der Waals surface area (Å²) in [7, 11) is 0. The number of hydrogen-bond acceptors (Lipinski definition) is 4. The van der Waals surface area contributed by atoms with Crippen molar-refractivity contribution >= 4 is 23.4 Å². The summed E-state index contributed by atoms with van der Waals surface area (Å²) < 4.78 is 0. The number of nitrogens with two attached hydrogens (primary N) is 1. The molecule has 0 aromatic carbocycles. The monoisotopic (exact) mass is 128 g/mol. The Morgan fingerprint density at radius 3 is 2.88 bits per heavy atom. The molecule has 0 radical (unpaired) electrons. The van der Waals surface area contributed by atoms with Crippen LogP contribution in [0.1, 0.15) is 9.80 Å². The van der Waals surface area contributed by atoms with Crippen LogP contribution in [-0.2, 0) is 0 Å². The number of aromatic nitrogens is 1. The van der Waals surface area contributed by atoms with Gasteiger partial charge in [0.1, 0.15) is 5.82 Å². The van der Waals surface area contributed by atoms with Crippen LogP contribution < -0.4 is 5.73 Å². The fourth-order valence-electron chi connectivity index (χ4n) is 0.355. The van der Waals surface area contributed by atoms with E-state index >= 15 is 0 Å². The summed E-state index contributed by atoms with van der Waals surface area (Å²) in [6.45, 7) is 0. The predicted octanol–water partition coefficient (Wildman–Crippen LogP) is 0.538. The summed E-state index contributed by atoms with van der Waals surface area (Å²) in [5.74, 6) is 0.414. The molecule has 0 spiro atoms. The fourth-order valence-corrected chi connectivity index (χ4v) is 0.863. The Hall–Kier alpha value is -0.900. The first-order valence-electron chi connectivity index (χ1n) is 1.99. The van der Waals surface area contributed by atoms with Gasteiger partial charge in [0, 0.05) is 5.38 Å². The number of nitrogens with zero attached hydrogens (tertiary/aromatic N) is 1. The lowest BCUT2D eigenvalue weighted by Gasteiger charge is -1.71.